The van der Waals surface area contributed by atoms with Crippen LogP contribution in [0.1, 0.15) is 24.1 Å². The Morgan fingerprint density at radius 2 is 2.41 bits per heavy atom. The summed E-state index contributed by atoms with van der Waals surface area (Å²) < 4.78 is 5.34. The van der Waals surface area contributed by atoms with Crippen LogP contribution in [0, 0.1) is 0 Å². The van der Waals surface area contributed by atoms with E-state index in [1.54, 1.807) is 11.3 Å². The second-order valence-corrected chi connectivity index (χ2v) is 5.32. The van der Waals surface area contributed by atoms with Crippen molar-refractivity contribution in [3.05, 3.63) is 22.4 Å². The number of carboxylic acids is 1. The highest BCUT2D eigenvalue weighted by Crippen LogP contribution is 2.23. The lowest BCUT2D eigenvalue weighted by atomic mass is 9.90. The average molecular weight is 255 g/mol. The summed E-state index contributed by atoms with van der Waals surface area (Å²) in [7, 11) is 0. The van der Waals surface area contributed by atoms with Crippen LogP contribution in [0.25, 0.3) is 0 Å². The first-order valence-electron chi connectivity index (χ1n) is 5.81. The highest BCUT2D eigenvalue weighted by Gasteiger charge is 2.38. The molecule has 94 valence electrons. The van der Waals surface area contributed by atoms with Crippen LogP contribution >= 0.6 is 11.3 Å². The summed E-state index contributed by atoms with van der Waals surface area (Å²) in [6.07, 6.45) is 1.96. The summed E-state index contributed by atoms with van der Waals surface area (Å²) in [5.41, 5.74) is -0.819. The molecule has 1 aromatic rings. The van der Waals surface area contributed by atoms with Gasteiger partial charge in [0.15, 0.2) is 0 Å². The maximum absolute atomic E-state index is 11.5. The Bertz CT molecular complexity index is 356. The van der Waals surface area contributed by atoms with E-state index in [4.69, 9.17) is 4.74 Å². The standard InChI is InChI=1S/C12H17NO3S/c14-11(15)12(4-2-6-16-7-5-12)13-9-10-3-1-8-17-10/h1,3,8,13H,2,4-7,9H2,(H,14,15). The van der Waals surface area contributed by atoms with E-state index in [-0.39, 0.29) is 0 Å². The minimum absolute atomic E-state index is 0.518. The lowest BCUT2D eigenvalue weighted by Crippen LogP contribution is -2.51. The normalized spacial score (nSPS) is 25.4. The number of rotatable bonds is 4. The highest BCUT2D eigenvalue weighted by atomic mass is 32.1. The third kappa shape index (κ3) is 3.06. The van der Waals surface area contributed by atoms with Gasteiger partial charge in [0.1, 0.15) is 5.54 Å². The van der Waals surface area contributed by atoms with Gasteiger partial charge in [0.05, 0.1) is 0 Å². The molecule has 4 nitrogen and oxygen atoms in total. The van der Waals surface area contributed by atoms with E-state index < -0.39 is 11.5 Å². The summed E-state index contributed by atoms with van der Waals surface area (Å²) in [5, 5.41) is 14.6. The Kier molecular flexibility index (Phi) is 4.15. The molecule has 1 aliphatic rings. The fraction of sp³-hybridized carbons (Fsp3) is 0.583. The number of hydrogen-bond acceptors (Lipinski definition) is 4. The van der Waals surface area contributed by atoms with Crippen molar-refractivity contribution in [1.82, 2.24) is 5.32 Å². The molecule has 0 aromatic carbocycles. The maximum Gasteiger partial charge on any atom is 0.323 e. The van der Waals surface area contributed by atoms with Crippen molar-refractivity contribution in [3.63, 3.8) is 0 Å². The quantitative estimate of drug-likeness (QED) is 0.862. The van der Waals surface area contributed by atoms with Crippen LogP contribution in [-0.2, 0) is 16.1 Å². The molecule has 1 fully saturated rings. The molecule has 0 spiro atoms. The van der Waals surface area contributed by atoms with Crippen molar-refractivity contribution in [2.75, 3.05) is 13.2 Å². The molecule has 0 bridgehead atoms. The van der Waals surface area contributed by atoms with Crippen LogP contribution < -0.4 is 5.32 Å². The number of thiophene rings is 1. The van der Waals surface area contributed by atoms with Gasteiger partial charge < -0.3 is 9.84 Å². The molecule has 2 heterocycles. The van der Waals surface area contributed by atoms with E-state index in [1.165, 1.54) is 0 Å². The van der Waals surface area contributed by atoms with E-state index >= 15 is 0 Å². The second kappa shape index (κ2) is 5.62. The zero-order chi connectivity index (χ0) is 12.1. The van der Waals surface area contributed by atoms with Gasteiger partial charge in [-0.25, -0.2) is 0 Å². The molecule has 2 N–H and O–H groups in total. The monoisotopic (exact) mass is 255 g/mol. The average Bonchev–Trinajstić information content (AvgIpc) is 2.71. The van der Waals surface area contributed by atoms with Gasteiger partial charge in [-0.3, -0.25) is 10.1 Å². The topological polar surface area (TPSA) is 58.6 Å². The summed E-state index contributed by atoms with van der Waals surface area (Å²) >= 11 is 1.64. The van der Waals surface area contributed by atoms with Gasteiger partial charge in [0, 0.05) is 24.6 Å². The molecule has 0 amide bonds. The van der Waals surface area contributed by atoms with E-state index in [0.29, 0.717) is 32.6 Å². The molecular formula is C12H17NO3S. The SMILES string of the molecule is O=C(O)C1(NCc2cccs2)CCCOCC1. The highest BCUT2D eigenvalue weighted by molar-refractivity contribution is 7.09. The molecule has 2 rings (SSSR count). The fourth-order valence-corrected chi connectivity index (χ4v) is 2.73. The summed E-state index contributed by atoms with van der Waals surface area (Å²) in [6.45, 7) is 1.80. The number of carbonyl (C=O) groups is 1. The molecule has 0 saturated carbocycles. The van der Waals surface area contributed by atoms with Gasteiger partial charge in [0.25, 0.3) is 0 Å². The molecule has 0 radical (unpaired) electrons. The van der Waals surface area contributed by atoms with Gasteiger partial charge in [0.2, 0.25) is 0 Å². The lowest BCUT2D eigenvalue weighted by molar-refractivity contribution is -0.145. The Labute approximate surface area is 105 Å². The van der Waals surface area contributed by atoms with E-state index in [2.05, 4.69) is 5.32 Å². The van der Waals surface area contributed by atoms with Crippen LogP contribution in [-0.4, -0.2) is 29.8 Å². The van der Waals surface area contributed by atoms with Crippen molar-refractivity contribution in [3.8, 4) is 0 Å². The first kappa shape index (κ1) is 12.5. The van der Waals surface area contributed by atoms with Gasteiger partial charge in [-0.15, -0.1) is 11.3 Å². The number of nitrogens with one attached hydrogen (secondary N) is 1. The predicted molar refractivity (Wildman–Crippen MR) is 66.2 cm³/mol. The summed E-state index contributed by atoms with van der Waals surface area (Å²) in [4.78, 5) is 12.6. The van der Waals surface area contributed by atoms with Crippen LogP contribution in [0.3, 0.4) is 0 Å². The van der Waals surface area contributed by atoms with Crippen molar-refractivity contribution in [1.29, 1.82) is 0 Å². The lowest BCUT2D eigenvalue weighted by Gasteiger charge is -2.28. The first-order valence-corrected chi connectivity index (χ1v) is 6.69. The zero-order valence-corrected chi connectivity index (χ0v) is 10.5. The largest absolute Gasteiger partial charge is 0.480 e. The minimum atomic E-state index is -0.819. The van der Waals surface area contributed by atoms with Crippen molar-refractivity contribution < 1.29 is 14.6 Å². The molecule has 1 aromatic heterocycles. The smallest absolute Gasteiger partial charge is 0.323 e. The molecule has 17 heavy (non-hydrogen) atoms. The fourth-order valence-electron chi connectivity index (χ4n) is 2.09. The van der Waals surface area contributed by atoms with Crippen LogP contribution in [0.15, 0.2) is 17.5 Å². The third-order valence-corrected chi connectivity index (χ3v) is 4.03. The first-order chi connectivity index (χ1) is 8.23. The Balaban J connectivity index is 2.02. The van der Waals surface area contributed by atoms with E-state index in [0.717, 1.165) is 11.3 Å². The Hall–Kier alpha value is -0.910. The van der Waals surface area contributed by atoms with E-state index in [9.17, 15) is 9.90 Å². The van der Waals surface area contributed by atoms with Gasteiger partial charge in [-0.05, 0) is 30.7 Å². The predicted octanol–water partition coefficient (Wildman–Crippen LogP) is 1.86. The third-order valence-electron chi connectivity index (χ3n) is 3.16. The molecule has 5 heteroatoms. The molecule has 1 aliphatic heterocycles. The number of carboxylic acid groups (broad SMARTS) is 1. The number of ether oxygens (including phenoxy) is 1. The van der Waals surface area contributed by atoms with Crippen molar-refractivity contribution >= 4 is 17.3 Å². The van der Waals surface area contributed by atoms with Gasteiger partial charge in [-0.2, -0.15) is 0 Å². The van der Waals surface area contributed by atoms with Crippen LogP contribution in [0.4, 0.5) is 0 Å². The zero-order valence-electron chi connectivity index (χ0n) is 9.65. The Morgan fingerprint density at radius 3 is 3.12 bits per heavy atom. The number of aliphatic carboxylic acids is 1. The van der Waals surface area contributed by atoms with Crippen molar-refractivity contribution in [2.45, 2.75) is 31.3 Å². The molecule has 1 saturated heterocycles. The number of hydrogen-bond donors (Lipinski definition) is 2. The molecule has 0 aliphatic carbocycles. The summed E-state index contributed by atoms with van der Waals surface area (Å²) in [5.74, 6) is -0.764. The molecule has 1 unspecified atom stereocenters. The summed E-state index contributed by atoms with van der Waals surface area (Å²) in [6, 6.07) is 3.99. The molecular weight excluding hydrogens is 238 g/mol. The Morgan fingerprint density at radius 1 is 1.53 bits per heavy atom. The minimum Gasteiger partial charge on any atom is -0.480 e. The van der Waals surface area contributed by atoms with E-state index in [1.807, 2.05) is 17.5 Å². The maximum atomic E-state index is 11.5. The van der Waals surface area contributed by atoms with Gasteiger partial charge >= 0.3 is 5.97 Å². The van der Waals surface area contributed by atoms with Gasteiger partial charge in [-0.1, -0.05) is 6.07 Å². The van der Waals surface area contributed by atoms with Crippen LogP contribution in [0.5, 0.6) is 0 Å². The van der Waals surface area contributed by atoms with Crippen molar-refractivity contribution in [2.24, 2.45) is 0 Å². The second-order valence-electron chi connectivity index (χ2n) is 4.29. The van der Waals surface area contributed by atoms with Crippen LogP contribution in [0.2, 0.25) is 0 Å². The molecule has 1 atom stereocenters.